The number of ether oxygens (including phenoxy) is 2. The molecule has 1 N–H and O–H groups in total. The maximum atomic E-state index is 13.9. The topological polar surface area (TPSA) is 89.5 Å². The van der Waals surface area contributed by atoms with Crippen LogP contribution in [-0.2, 0) is 10.9 Å². The van der Waals surface area contributed by atoms with Gasteiger partial charge in [-0.15, -0.1) is 0 Å². The molecule has 200 valence electrons. The fourth-order valence-electron chi connectivity index (χ4n) is 3.37. The van der Waals surface area contributed by atoms with Crippen LogP contribution in [0.25, 0.3) is 10.9 Å². The predicted octanol–water partition coefficient (Wildman–Crippen LogP) is 6.77. The van der Waals surface area contributed by atoms with Gasteiger partial charge < -0.3 is 19.7 Å². The molecule has 0 radical (unpaired) electrons. The van der Waals surface area contributed by atoms with Crippen molar-refractivity contribution in [1.82, 2.24) is 19.9 Å². The molecule has 1 amide bonds. The van der Waals surface area contributed by atoms with E-state index in [1.807, 2.05) is 0 Å². The predicted molar refractivity (Wildman–Crippen MR) is 135 cm³/mol. The molecule has 1 aromatic carbocycles. The molecule has 0 aliphatic heterocycles. The number of amides is 1. The highest BCUT2D eigenvalue weighted by Gasteiger charge is 2.36. The number of aromatic nitrogens is 3. The van der Waals surface area contributed by atoms with E-state index in [0.29, 0.717) is 10.9 Å². The lowest BCUT2D eigenvalue weighted by Crippen LogP contribution is -2.36. The Morgan fingerprint density at radius 3 is 2.54 bits per heavy atom. The maximum Gasteiger partial charge on any atom is 0.419 e. The van der Waals surface area contributed by atoms with Crippen molar-refractivity contribution >= 4 is 46.0 Å². The molecule has 0 aliphatic rings. The normalized spacial score (nSPS) is 12.8. The van der Waals surface area contributed by atoms with Gasteiger partial charge in [0.1, 0.15) is 28.9 Å². The number of anilines is 1. The van der Waals surface area contributed by atoms with Crippen LogP contribution in [0.4, 0.5) is 23.8 Å². The van der Waals surface area contributed by atoms with Crippen molar-refractivity contribution in [2.24, 2.45) is 0 Å². The van der Waals surface area contributed by atoms with Gasteiger partial charge in [0.25, 0.3) is 0 Å². The Morgan fingerprint density at radius 2 is 1.89 bits per heavy atom. The molecular formula is C24H26Cl2F3N5O3. The number of carbonyl (C=O) groups is 1. The van der Waals surface area contributed by atoms with E-state index in [0.717, 1.165) is 6.07 Å². The summed E-state index contributed by atoms with van der Waals surface area (Å²) in [5.74, 6) is -0.100. The van der Waals surface area contributed by atoms with Crippen LogP contribution in [-0.4, -0.2) is 51.7 Å². The smallest absolute Gasteiger partial charge is 0.419 e. The van der Waals surface area contributed by atoms with Crippen molar-refractivity contribution in [3.8, 4) is 5.75 Å². The highest BCUT2D eigenvalue weighted by atomic mass is 35.5. The summed E-state index contributed by atoms with van der Waals surface area (Å²) in [6.07, 6.45) is -3.87. The number of nitrogens with zero attached hydrogens (tertiary/aromatic N) is 4. The van der Waals surface area contributed by atoms with E-state index in [4.69, 9.17) is 32.7 Å². The Hall–Kier alpha value is -3.05. The fourth-order valence-corrected chi connectivity index (χ4v) is 3.70. The SMILES string of the molecule is C[C@@H](Nc1nc(Cl)nc2cnc(Cl)cc12)c1cccc(C(F)(F)F)c1OCCN(C)C(=O)OC(C)(C)C. The number of pyridine rings is 1. The van der Waals surface area contributed by atoms with E-state index in [1.165, 1.54) is 36.3 Å². The second-order valence-electron chi connectivity index (χ2n) is 9.20. The van der Waals surface area contributed by atoms with Crippen molar-refractivity contribution in [2.45, 2.75) is 45.5 Å². The van der Waals surface area contributed by atoms with Gasteiger partial charge in [-0.25, -0.2) is 19.7 Å². The maximum absolute atomic E-state index is 13.9. The molecule has 0 bridgehead atoms. The summed E-state index contributed by atoms with van der Waals surface area (Å²) in [7, 11) is 1.47. The quantitative estimate of drug-likeness (QED) is 0.252. The van der Waals surface area contributed by atoms with Crippen LogP contribution in [0.1, 0.15) is 44.9 Å². The molecule has 1 atom stereocenters. The van der Waals surface area contributed by atoms with E-state index in [-0.39, 0.29) is 40.7 Å². The summed E-state index contributed by atoms with van der Waals surface area (Å²) in [5.41, 5.74) is -1.03. The van der Waals surface area contributed by atoms with Crippen molar-refractivity contribution in [2.75, 3.05) is 25.5 Å². The number of nitrogens with one attached hydrogen (secondary N) is 1. The fraction of sp³-hybridized carbons (Fsp3) is 0.417. The van der Waals surface area contributed by atoms with Gasteiger partial charge in [0.15, 0.2) is 0 Å². The van der Waals surface area contributed by atoms with E-state index in [9.17, 15) is 18.0 Å². The van der Waals surface area contributed by atoms with Crippen molar-refractivity contribution < 1.29 is 27.4 Å². The second kappa shape index (κ2) is 11.1. The molecule has 0 unspecified atom stereocenters. The first-order valence-corrected chi connectivity index (χ1v) is 11.9. The van der Waals surface area contributed by atoms with E-state index >= 15 is 0 Å². The Morgan fingerprint density at radius 1 is 1.19 bits per heavy atom. The number of para-hydroxylation sites is 1. The molecule has 37 heavy (non-hydrogen) atoms. The van der Waals surface area contributed by atoms with Gasteiger partial charge in [0.05, 0.1) is 29.9 Å². The number of carbonyl (C=O) groups excluding carboxylic acids is 1. The molecule has 2 heterocycles. The Balaban J connectivity index is 1.89. The third-order valence-corrected chi connectivity index (χ3v) is 5.45. The van der Waals surface area contributed by atoms with Crippen LogP contribution < -0.4 is 10.1 Å². The minimum Gasteiger partial charge on any atom is -0.491 e. The van der Waals surface area contributed by atoms with E-state index in [2.05, 4.69) is 20.3 Å². The second-order valence-corrected chi connectivity index (χ2v) is 9.93. The van der Waals surface area contributed by atoms with Crippen LogP contribution in [0.2, 0.25) is 10.4 Å². The van der Waals surface area contributed by atoms with Gasteiger partial charge in [-0.05, 0) is 51.4 Å². The van der Waals surface area contributed by atoms with Crippen molar-refractivity contribution in [3.63, 3.8) is 0 Å². The van der Waals surface area contributed by atoms with Gasteiger partial charge in [0.2, 0.25) is 5.28 Å². The van der Waals surface area contributed by atoms with E-state index in [1.54, 1.807) is 27.7 Å². The van der Waals surface area contributed by atoms with E-state index < -0.39 is 29.5 Å². The average molecular weight is 560 g/mol. The monoisotopic (exact) mass is 559 g/mol. The standard InChI is InChI=1S/C24H26Cl2F3N5O3/c1-13(31-20-15-11-18(25)30-12-17(15)32-21(26)33-20)14-7-6-8-16(24(27,28)29)19(14)36-10-9-34(5)22(35)37-23(2,3)4/h6-8,11-13H,9-10H2,1-5H3,(H,31,32,33)/t13-/m1/s1. The van der Waals surface area contributed by atoms with Crippen LogP contribution >= 0.6 is 23.2 Å². The molecule has 0 spiro atoms. The van der Waals surface area contributed by atoms with Gasteiger partial charge in [-0.3, -0.25) is 0 Å². The molecule has 8 nitrogen and oxygen atoms in total. The third-order valence-electron chi connectivity index (χ3n) is 5.07. The number of likely N-dealkylation sites (N-methyl/N-ethyl adjacent to an activating group) is 1. The summed E-state index contributed by atoms with van der Waals surface area (Å²) in [6, 6.07) is 4.56. The lowest BCUT2D eigenvalue weighted by Gasteiger charge is -2.26. The van der Waals surface area contributed by atoms with Crippen LogP contribution in [0, 0.1) is 0 Å². The van der Waals surface area contributed by atoms with Gasteiger partial charge in [-0.2, -0.15) is 13.2 Å². The molecule has 2 aromatic heterocycles. The number of alkyl halides is 3. The molecule has 0 aliphatic carbocycles. The van der Waals surface area contributed by atoms with Crippen molar-refractivity contribution in [3.05, 3.63) is 52.0 Å². The Kier molecular flexibility index (Phi) is 8.59. The van der Waals surface area contributed by atoms with Crippen LogP contribution in [0.5, 0.6) is 5.75 Å². The molecule has 0 saturated carbocycles. The van der Waals surface area contributed by atoms with Crippen LogP contribution in [0.15, 0.2) is 30.5 Å². The molecule has 3 rings (SSSR count). The first-order chi connectivity index (χ1) is 17.2. The first kappa shape index (κ1) is 28.5. The highest BCUT2D eigenvalue weighted by Crippen LogP contribution is 2.41. The lowest BCUT2D eigenvalue weighted by atomic mass is 10.0. The summed E-state index contributed by atoms with van der Waals surface area (Å²) >= 11 is 12.0. The zero-order chi connectivity index (χ0) is 27.5. The molecule has 0 fully saturated rings. The summed E-state index contributed by atoms with van der Waals surface area (Å²) in [4.78, 5) is 25.7. The number of hydrogen-bond donors (Lipinski definition) is 1. The Labute approximate surface area is 222 Å². The average Bonchev–Trinajstić information content (AvgIpc) is 2.77. The number of hydrogen-bond acceptors (Lipinski definition) is 7. The zero-order valence-corrected chi connectivity index (χ0v) is 22.3. The Bertz CT molecular complexity index is 1280. The van der Waals surface area contributed by atoms with Gasteiger partial charge in [-0.1, -0.05) is 23.7 Å². The molecule has 0 saturated heterocycles. The van der Waals surface area contributed by atoms with Gasteiger partial charge in [0, 0.05) is 18.0 Å². The number of benzene rings is 1. The minimum atomic E-state index is -4.67. The summed E-state index contributed by atoms with van der Waals surface area (Å²) in [6.45, 7) is 6.60. The molecule has 13 heteroatoms. The highest BCUT2D eigenvalue weighted by molar-refractivity contribution is 6.30. The number of rotatable bonds is 7. The van der Waals surface area contributed by atoms with Gasteiger partial charge >= 0.3 is 12.3 Å². The third kappa shape index (κ3) is 7.48. The lowest BCUT2D eigenvalue weighted by molar-refractivity contribution is -0.139. The molecule has 3 aromatic rings. The number of halogens is 5. The molecular weight excluding hydrogens is 534 g/mol. The zero-order valence-electron chi connectivity index (χ0n) is 20.8. The first-order valence-electron chi connectivity index (χ1n) is 11.2. The van der Waals surface area contributed by atoms with Crippen LogP contribution in [0.3, 0.4) is 0 Å². The van der Waals surface area contributed by atoms with Crippen molar-refractivity contribution in [1.29, 1.82) is 0 Å². The largest absolute Gasteiger partial charge is 0.491 e. The number of fused-ring (bicyclic) bond motifs is 1. The summed E-state index contributed by atoms with van der Waals surface area (Å²) < 4.78 is 52.5. The summed E-state index contributed by atoms with van der Waals surface area (Å²) in [5, 5.41) is 3.68. The minimum absolute atomic E-state index is 0.00000904.